The van der Waals surface area contributed by atoms with Gasteiger partial charge in [0.05, 0.1) is 0 Å². The molecule has 0 spiro atoms. The predicted molar refractivity (Wildman–Crippen MR) is 101 cm³/mol. The Bertz CT molecular complexity index is 581. The SMILES string of the molecule is CN1CCC(Cc2ccc(CN(CC3CC3)C(=O)C3CC3)cc2)CC1. The lowest BCUT2D eigenvalue weighted by Gasteiger charge is -2.29. The lowest BCUT2D eigenvalue weighted by molar-refractivity contribution is -0.133. The van der Waals surface area contributed by atoms with Crippen LogP contribution in [0.2, 0.25) is 0 Å². The van der Waals surface area contributed by atoms with E-state index >= 15 is 0 Å². The first-order chi connectivity index (χ1) is 12.2. The molecule has 0 N–H and O–H groups in total. The van der Waals surface area contributed by atoms with E-state index in [0.29, 0.717) is 11.8 Å². The summed E-state index contributed by atoms with van der Waals surface area (Å²) < 4.78 is 0. The molecule has 0 aromatic heterocycles. The first kappa shape index (κ1) is 17.1. The van der Waals surface area contributed by atoms with Crippen LogP contribution >= 0.6 is 0 Å². The third-order valence-corrected chi connectivity index (χ3v) is 6.17. The van der Waals surface area contributed by atoms with E-state index in [1.165, 1.54) is 56.3 Å². The van der Waals surface area contributed by atoms with Gasteiger partial charge in [0, 0.05) is 19.0 Å². The van der Waals surface area contributed by atoms with E-state index in [9.17, 15) is 4.79 Å². The Morgan fingerprint density at radius 2 is 1.60 bits per heavy atom. The van der Waals surface area contributed by atoms with Crippen molar-refractivity contribution in [2.75, 3.05) is 26.7 Å². The number of amides is 1. The summed E-state index contributed by atoms with van der Waals surface area (Å²) in [5.41, 5.74) is 2.75. The van der Waals surface area contributed by atoms with Gasteiger partial charge in [-0.25, -0.2) is 0 Å². The van der Waals surface area contributed by atoms with Gasteiger partial charge in [-0.2, -0.15) is 0 Å². The molecule has 1 amide bonds. The molecule has 136 valence electrons. The molecule has 0 radical (unpaired) electrons. The Morgan fingerprint density at radius 1 is 0.960 bits per heavy atom. The molecule has 1 aromatic carbocycles. The smallest absolute Gasteiger partial charge is 0.225 e. The van der Waals surface area contributed by atoms with Crippen LogP contribution in [0.5, 0.6) is 0 Å². The highest BCUT2D eigenvalue weighted by atomic mass is 16.2. The number of hydrogen-bond donors (Lipinski definition) is 0. The van der Waals surface area contributed by atoms with Gasteiger partial charge in [-0.3, -0.25) is 4.79 Å². The second-order valence-corrected chi connectivity index (χ2v) is 8.70. The number of rotatable bonds is 7. The molecule has 25 heavy (non-hydrogen) atoms. The molecule has 2 saturated carbocycles. The summed E-state index contributed by atoms with van der Waals surface area (Å²) in [5.74, 6) is 2.35. The van der Waals surface area contributed by atoms with Gasteiger partial charge in [0.2, 0.25) is 5.91 Å². The van der Waals surface area contributed by atoms with Crippen LogP contribution < -0.4 is 0 Å². The molecule has 3 heteroatoms. The van der Waals surface area contributed by atoms with Crippen LogP contribution in [-0.2, 0) is 17.8 Å². The van der Waals surface area contributed by atoms with Gasteiger partial charge in [0.15, 0.2) is 0 Å². The Morgan fingerprint density at radius 3 is 2.20 bits per heavy atom. The van der Waals surface area contributed by atoms with Crippen LogP contribution in [0.25, 0.3) is 0 Å². The topological polar surface area (TPSA) is 23.6 Å². The fourth-order valence-electron chi connectivity index (χ4n) is 4.03. The molecule has 3 nitrogen and oxygen atoms in total. The first-order valence-electron chi connectivity index (χ1n) is 10.2. The highest BCUT2D eigenvalue weighted by molar-refractivity contribution is 5.81. The van der Waals surface area contributed by atoms with E-state index in [1.54, 1.807) is 0 Å². The molecule has 2 aliphatic carbocycles. The number of carbonyl (C=O) groups is 1. The third-order valence-electron chi connectivity index (χ3n) is 6.17. The highest BCUT2D eigenvalue weighted by Crippen LogP contribution is 2.35. The number of likely N-dealkylation sites (tertiary alicyclic amines) is 1. The molecule has 0 atom stereocenters. The van der Waals surface area contributed by atoms with Crippen LogP contribution in [0, 0.1) is 17.8 Å². The Balaban J connectivity index is 1.33. The van der Waals surface area contributed by atoms with E-state index < -0.39 is 0 Å². The monoisotopic (exact) mass is 340 g/mol. The van der Waals surface area contributed by atoms with Gasteiger partial charge < -0.3 is 9.80 Å². The maximum Gasteiger partial charge on any atom is 0.225 e. The van der Waals surface area contributed by atoms with Gasteiger partial charge in [0.1, 0.15) is 0 Å². The van der Waals surface area contributed by atoms with Crippen molar-refractivity contribution in [1.82, 2.24) is 9.80 Å². The van der Waals surface area contributed by atoms with E-state index in [-0.39, 0.29) is 0 Å². The molecule has 0 unspecified atom stereocenters. The van der Waals surface area contributed by atoms with Crippen molar-refractivity contribution < 1.29 is 4.79 Å². The van der Waals surface area contributed by atoms with Crippen LogP contribution in [0.4, 0.5) is 0 Å². The largest absolute Gasteiger partial charge is 0.338 e. The maximum absolute atomic E-state index is 12.6. The van der Waals surface area contributed by atoms with Crippen molar-refractivity contribution in [3.8, 4) is 0 Å². The molecular formula is C22H32N2O. The summed E-state index contributed by atoms with van der Waals surface area (Å²) >= 11 is 0. The molecule has 1 saturated heterocycles. The summed E-state index contributed by atoms with van der Waals surface area (Å²) in [6.45, 7) is 4.26. The normalized spacial score (nSPS) is 22.1. The first-order valence-corrected chi connectivity index (χ1v) is 10.2. The number of nitrogens with zero attached hydrogens (tertiary/aromatic N) is 2. The van der Waals surface area contributed by atoms with Gasteiger partial charge >= 0.3 is 0 Å². The fraction of sp³-hybridized carbons (Fsp3) is 0.682. The van der Waals surface area contributed by atoms with Crippen molar-refractivity contribution >= 4 is 5.91 Å². The van der Waals surface area contributed by atoms with Crippen molar-refractivity contribution in [3.05, 3.63) is 35.4 Å². The minimum atomic E-state index is 0.336. The molecule has 1 aliphatic heterocycles. The van der Waals surface area contributed by atoms with Crippen molar-refractivity contribution in [3.63, 3.8) is 0 Å². The van der Waals surface area contributed by atoms with E-state index in [1.807, 2.05) is 0 Å². The van der Waals surface area contributed by atoms with E-state index in [0.717, 1.165) is 37.8 Å². The minimum absolute atomic E-state index is 0.336. The molecule has 0 bridgehead atoms. The number of piperidine rings is 1. The van der Waals surface area contributed by atoms with Crippen molar-refractivity contribution in [2.24, 2.45) is 17.8 Å². The van der Waals surface area contributed by atoms with Crippen LogP contribution in [-0.4, -0.2) is 42.4 Å². The van der Waals surface area contributed by atoms with Gasteiger partial charge in [-0.05, 0) is 88.0 Å². The molecule has 3 aliphatic rings. The molecular weight excluding hydrogens is 308 g/mol. The summed E-state index contributed by atoms with van der Waals surface area (Å²) in [4.78, 5) is 17.1. The summed E-state index contributed by atoms with van der Waals surface area (Å²) in [6.07, 6.45) is 8.69. The maximum atomic E-state index is 12.6. The van der Waals surface area contributed by atoms with Crippen LogP contribution in [0.1, 0.15) is 49.7 Å². The zero-order valence-corrected chi connectivity index (χ0v) is 15.6. The average Bonchev–Trinajstić information content (AvgIpc) is 3.51. The number of benzene rings is 1. The van der Waals surface area contributed by atoms with Crippen molar-refractivity contribution in [2.45, 2.75) is 51.5 Å². The van der Waals surface area contributed by atoms with Gasteiger partial charge in [0.25, 0.3) is 0 Å². The highest BCUT2D eigenvalue weighted by Gasteiger charge is 2.35. The summed E-state index contributed by atoms with van der Waals surface area (Å²) in [6, 6.07) is 9.10. The van der Waals surface area contributed by atoms with E-state index in [2.05, 4.69) is 41.1 Å². The van der Waals surface area contributed by atoms with Crippen LogP contribution in [0.3, 0.4) is 0 Å². The molecule has 3 fully saturated rings. The number of carbonyl (C=O) groups excluding carboxylic acids is 1. The summed E-state index contributed by atoms with van der Waals surface area (Å²) in [5, 5.41) is 0. The van der Waals surface area contributed by atoms with Crippen LogP contribution in [0.15, 0.2) is 24.3 Å². The zero-order chi connectivity index (χ0) is 17.2. The molecule has 1 aromatic rings. The van der Waals surface area contributed by atoms with Gasteiger partial charge in [-0.15, -0.1) is 0 Å². The quantitative estimate of drug-likeness (QED) is 0.755. The second-order valence-electron chi connectivity index (χ2n) is 8.70. The lowest BCUT2D eigenvalue weighted by atomic mass is 9.90. The predicted octanol–water partition coefficient (Wildman–Crippen LogP) is 3.72. The van der Waals surface area contributed by atoms with E-state index in [4.69, 9.17) is 0 Å². The third kappa shape index (κ3) is 4.84. The minimum Gasteiger partial charge on any atom is -0.338 e. The zero-order valence-electron chi connectivity index (χ0n) is 15.6. The fourth-order valence-corrected chi connectivity index (χ4v) is 4.03. The average molecular weight is 341 g/mol. The Labute approximate surface area is 152 Å². The molecule has 1 heterocycles. The Hall–Kier alpha value is -1.35. The Kier molecular flexibility index (Phi) is 5.12. The number of hydrogen-bond acceptors (Lipinski definition) is 2. The van der Waals surface area contributed by atoms with Crippen molar-refractivity contribution in [1.29, 1.82) is 0 Å². The summed E-state index contributed by atoms with van der Waals surface area (Å²) in [7, 11) is 2.22. The molecule has 4 rings (SSSR count). The second kappa shape index (κ2) is 7.49. The standard InChI is InChI=1S/C22H32N2O/c1-23-12-10-18(11-13-23)14-17-2-4-19(5-3-17)15-24(16-20-6-7-20)22(25)21-8-9-21/h2-5,18,20-21H,6-16H2,1H3. The van der Waals surface area contributed by atoms with Gasteiger partial charge in [-0.1, -0.05) is 24.3 Å². The lowest BCUT2D eigenvalue weighted by Crippen LogP contribution is -2.33.